The van der Waals surface area contributed by atoms with E-state index in [4.69, 9.17) is 4.74 Å². The summed E-state index contributed by atoms with van der Waals surface area (Å²) in [6.45, 7) is 5.07. The number of ether oxygens (including phenoxy) is 2. The minimum atomic E-state index is -4.59. The first kappa shape index (κ1) is 15.3. The van der Waals surface area contributed by atoms with Crippen molar-refractivity contribution in [1.82, 2.24) is 0 Å². The Kier molecular flexibility index (Phi) is 4.44. The summed E-state index contributed by atoms with van der Waals surface area (Å²) in [6.07, 6.45) is -5.22. The van der Waals surface area contributed by atoms with Crippen LogP contribution in [0.5, 0.6) is 5.75 Å². The van der Waals surface area contributed by atoms with Gasteiger partial charge in [0, 0.05) is 0 Å². The van der Waals surface area contributed by atoms with Gasteiger partial charge >= 0.3 is 12.3 Å². The molecule has 0 bridgehead atoms. The van der Waals surface area contributed by atoms with Crippen molar-refractivity contribution in [3.05, 3.63) is 29.8 Å². The molecule has 0 radical (unpaired) electrons. The van der Waals surface area contributed by atoms with E-state index in [1.54, 1.807) is 20.8 Å². The van der Waals surface area contributed by atoms with Crippen molar-refractivity contribution in [3.63, 3.8) is 0 Å². The van der Waals surface area contributed by atoms with E-state index < -0.39 is 29.2 Å². The van der Waals surface area contributed by atoms with Gasteiger partial charge in [-0.25, -0.2) is 4.79 Å². The van der Waals surface area contributed by atoms with Crippen molar-refractivity contribution in [2.75, 3.05) is 0 Å². The highest BCUT2D eigenvalue weighted by Gasteiger charge is 2.35. The van der Waals surface area contributed by atoms with Gasteiger partial charge in [-0.1, -0.05) is 19.1 Å². The topological polar surface area (TPSA) is 35.5 Å². The quantitative estimate of drug-likeness (QED) is 0.606. The molecule has 0 spiro atoms. The molecule has 0 aliphatic rings. The fourth-order valence-corrected chi connectivity index (χ4v) is 1.20. The van der Waals surface area contributed by atoms with E-state index in [2.05, 4.69) is 4.74 Å². The zero-order valence-corrected chi connectivity index (χ0v) is 10.9. The van der Waals surface area contributed by atoms with Crippen LogP contribution in [-0.4, -0.2) is 11.8 Å². The number of rotatable bonds is 3. The number of alkyl halides is 3. The summed E-state index contributed by atoms with van der Waals surface area (Å²) in [4.78, 5) is 11.5. The summed E-state index contributed by atoms with van der Waals surface area (Å²) in [5.41, 5.74) is -1.80. The number of carbonyl (C=O) groups excluding carboxylic acids is 1. The Morgan fingerprint density at radius 2 is 1.79 bits per heavy atom. The van der Waals surface area contributed by atoms with Crippen LogP contribution in [0.15, 0.2) is 24.3 Å². The van der Waals surface area contributed by atoms with Crippen LogP contribution in [0.1, 0.15) is 32.8 Å². The molecule has 106 valence electrons. The largest absolute Gasteiger partial charge is 0.514 e. The van der Waals surface area contributed by atoms with Crippen LogP contribution in [0.3, 0.4) is 0 Å². The molecule has 19 heavy (non-hydrogen) atoms. The molecule has 0 saturated carbocycles. The second kappa shape index (κ2) is 5.50. The molecule has 0 heterocycles. The predicted molar refractivity (Wildman–Crippen MR) is 62.9 cm³/mol. The van der Waals surface area contributed by atoms with E-state index in [1.165, 1.54) is 12.1 Å². The van der Waals surface area contributed by atoms with Crippen LogP contribution < -0.4 is 4.74 Å². The number of hydrogen-bond acceptors (Lipinski definition) is 3. The first-order valence-corrected chi connectivity index (χ1v) is 5.73. The van der Waals surface area contributed by atoms with E-state index in [1.807, 2.05) is 0 Å². The molecule has 3 nitrogen and oxygen atoms in total. The van der Waals surface area contributed by atoms with Crippen LogP contribution in [0.2, 0.25) is 0 Å². The number of hydrogen-bond donors (Lipinski definition) is 0. The van der Waals surface area contributed by atoms with Gasteiger partial charge < -0.3 is 9.47 Å². The Labute approximate surface area is 109 Å². The average Bonchev–Trinajstić information content (AvgIpc) is 2.27. The first-order valence-electron chi connectivity index (χ1n) is 5.73. The highest BCUT2D eigenvalue weighted by molar-refractivity contribution is 5.65. The standard InChI is InChI=1S/C13H15F3O3/c1-4-12(2,3)19-11(17)18-10-8-6-5-7-9(10)13(14,15)16/h5-8H,4H2,1-3H3. The van der Waals surface area contributed by atoms with E-state index in [0.717, 1.165) is 12.1 Å². The van der Waals surface area contributed by atoms with Crippen molar-refractivity contribution < 1.29 is 27.4 Å². The lowest BCUT2D eigenvalue weighted by atomic mass is 10.1. The van der Waals surface area contributed by atoms with Crippen LogP contribution in [0.25, 0.3) is 0 Å². The maximum absolute atomic E-state index is 12.7. The first-order chi connectivity index (χ1) is 8.65. The Morgan fingerprint density at radius 3 is 2.32 bits per heavy atom. The molecule has 0 amide bonds. The Balaban J connectivity index is 2.86. The molecule has 0 fully saturated rings. The second-order valence-electron chi connectivity index (χ2n) is 4.56. The van der Waals surface area contributed by atoms with Crippen molar-refractivity contribution in [2.45, 2.75) is 39.0 Å². The van der Waals surface area contributed by atoms with Gasteiger partial charge in [0.2, 0.25) is 0 Å². The molecule has 0 N–H and O–H groups in total. The summed E-state index contributed by atoms with van der Waals surface area (Å²) in [5.74, 6) is -0.563. The number of para-hydroxylation sites is 1. The zero-order chi connectivity index (χ0) is 14.7. The van der Waals surface area contributed by atoms with Crippen molar-refractivity contribution in [2.24, 2.45) is 0 Å². The van der Waals surface area contributed by atoms with Crippen LogP contribution in [-0.2, 0) is 10.9 Å². The van der Waals surface area contributed by atoms with Crippen molar-refractivity contribution in [3.8, 4) is 5.75 Å². The number of carbonyl (C=O) groups is 1. The number of halogens is 3. The molecule has 0 aromatic heterocycles. The highest BCUT2D eigenvalue weighted by Crippen LogP contribution is 2.36. The van der Waals surface area contributed by atoms with E-state index in [0.29, 0.717) is 6.42 Å². The molecule has 6 heteroatoms. The average molecular weight is 276 g/mol. The third-order valence-electron chi connectivity index (χ3n) is 2.60. The molecule has 0 aliphatic heterocycles. The summed E-state index contributed by atoms with van der Waals surface area (Å²) in [7, 11) is 0. The minimum absolute atomic E-state index is 0.517. The molecule has 0 unspecified atom stereocenters. The molecule has 1 rings (SSSR count). The fraction of sp³-hybridized carbons (Fsp3) is 0.462. The Hall–Kier alpha value is -1.72. The summed E-state index contributed by atoms with van der Waals surface area (Å²) >= 11 is 0. The second-order valence-corrected chi connectivity index (χ2v) is 4.56. The van der Waals surface area contributed by atoms with E-state index in [-0.39, 0.29) is 0 Å². The summed E-state index contributed by atoms with van der Waals surface area (Å²) in [5, 5.41) is 0. The van der Waals surface area contributed by atoms with Gasteiger partial charge in [-0.05, 0) is 32.4 Å². The molecule has 0 aliphatic carbocycles. The maximum Gasteiger partial charge on any atom is 0.514 e. The Morgan fingerprint density at radius 1 is 1.21 bits per heavy atom. The molecule has 0 atom stereocenters. The third kappa shape index (κ3) is 4.46. The van der Waals surface area contributed by atoms with Crippen molar-refractivity contribution in [1.29, 1.82) is 0 Å². The smallest absolute Gasteiger partial charge is 0.428 e. The molecule has 1 aromatic carbocycles. The Bertz CT molecular complexity index is 453. The number of benzene rings is 1. The minimum Gasteiger partial charge on any atom is -0.428 e. The van der Waals surface area contributed by atoms with E-state index >= 15 is 0 Å². The normalized spacial score (nSPS) is 12.1. The van der Waals surface area contributed by atoms with Gasteiger partial charge in [0.25, 0.3) is 0 Å². The van der Waals surface area contributed by atoms with Gasteiger partial charge in [0.1, 0.15) is 11.4 Å². The summed E-state index contributed by atoms with van der Waals surface area (Å²) in [6, 6.07) is 4.48. The lowest BCUT2D eigenvalue weighted by Crippen LogP contribution is -2.29. The lowest BCUT2D eigenvalue weighted by molar-refractivity contribution is -0.138. The SMILES string of the molecule is CCC(C)(C)OC(=O)Oc1ccccc1C(F)(F)F. The monoisotopic (exact) mass is 276 g/mol. The van der Waals surface area contributed by atoms with Gasteiger partial charge in [-0.2, -0.15) is 13.2 Å². The van der Waals surface area contributed by atoms with Gasteiger partial charge in [0.05, 0.1) is 5.56 Å². The molecular formula is C13H15F3O3. The zero-order valence-electron chi connectivity index (χ0n) is 10.9. The summed E-state index contributed by atoms with van der Waals surface area (Å²) < 4.78 is 47.6. The maximum atomic E-state index is 12.7. The highest BCUT2D eigenvalue weighted by atomic mass is 19.4. The molecule has 1 aromatic rings. The van der Waals surface area contributed by atoms with Gasteiger partial charge in [0.15, 0.2) is 0 Å². The van der Waals surface area contributed by atoms with Crippen LogP contribution >= 0.6 is 0 Å². The van der Waals surface area contributed by atoms with Gasteiger partial charge in [-0.15, -0.1) is 0 Å². The lowest BCUT2D eigenvalue weighted by Gasteiger charge is -2.22. The van der Waals surface area contributed by atoms with Crippen molar-refractivity contribution >= 4 is 6.16 Å². The fourth-order valence-electron chi connectivity index (χ4n) is 1.20. The van der Waals surface area contributed by atoms with Crippen LogP contribution in [0.4, 0.5) is 18.0 Å². The third-order valence-corrected chi connectivity index (χ3v) is 2.60. The van der Waals surface area contributed by atoms with Gasteiger partial charge in [-0.3, -0.25) is 0 Å². The van der Waals surface area contributed by atoms with Crippen LogP contribution in [0, 0.1) is 0 Å². The molecule has 0 saturated heterocycles. The predicted octanol–water partition coefficient (Wildman–Crippen LogP) is 4.41. The molecular weight excluding hydrogens is 261 g/mol. The van der Waals surface area contributed by atoms with E-state index in [9.17, 15) is 18.0 Å².